The molecular weight excluding hydrogens is 326 g/mol. The van der Waals surface area contributed by atoms with Gasteiger partial charge in [-0.3, -0.25) is 9.67 Å². The van der Waals surface area contributed by atoms with E-state index in [1.807, 2.05) is 16.9 Å². The van der Waals surface area contributed by atoms with Gasteiger partial charge in [0.15, 0.2) is 5.79 Å². The Hall–Kier alpha value is -1.72. The topological polar surface area (TPSA) is 49.2 Å². The van der Waals surface area contributed by atoms with Gasteiger partial charge in [-0.25, -0.2) is 0 Å². The van der Waals surface area contributed by atoms with Crippen molar-refractivity contribution in [1.82, 2.24) is 14.8 Å². The summed E-state index contributed by atoms with van der Waals surface area (Å²) in [4.78, 5) is 4.59. The molecule has 3 aliphatic rings. The van der Waals surface area contributed by atoms with Crippen molar-refractivity contribution in [3.63, 3.8) is 0 Å². The summed E-state index contributed by atoms with van der Waals surface area (Å²) in [5, 5.41) is 5.03. The molecule has 3 heterocycles. The van der Waals surface area contributed by atoms with E-state index in [4.69, 9.17) is 14.6 Å². The fraction of sp³-hybridized carbons (Fsp3) is 0.619. The van der Waals surface area contributed by atoms with Crippen molar-refractivity contribution in [2.24, 2.45) is 18.9 Å². The molecule has 1 aliphatic heterocycles. The number of aryl methyl sites for hydroxylation is 1. The molecule has 5 nitrogen and oxygen atoms in total. The van der Waals surface area contributed by atoms with Crippen LogP contribution in [0.1, 0.15) is 44.4 Å². The normalized spacial score (nSPS) is 32.4. The van der Waals surface area contributed by atoms with Gasteiger partial charge in [-0.1, -0.05) is 19.9 Å². The zero-order chi connectivity index (χ0) is 17.9. The number of aromatic nitrogens is 3. The molecule has 26 heavy (non-hydrogen) atoms. The molecule has 2 fully saturated rings. The van der Waals surface area contributed by atoms with Crippen LogP contribution in [0.4, 0.5) is 0 Å². The van der Waals surface area contributed by atoms with Gasteiger partial charge in [0.2, 0.25) is 0 Å². The molecule has 0 aromatic carbocycles. The minimum absolute atomic E-state index is 0.0817. The van der Waals surface area contributed by atoms with Crippen LogP contribution in [0.5, 0.6) is 0 Å². The molecule has 0 unspecified atom stereocenters. The molecule has 0 bridgehead atoms. The largest absolute Gasteiger partial charge is 0.347 e. The van der Waals surface area contributed by atoms with Gasteiger partial charge in [-0.2, -0.15) is 5.10 Å². The molecule has 3 atom stereocenters. The Morgan fingerprint density at radius 1 is 1.19 bits per heavy atom. The Bertz CT molecular complexity index is 825. The average Bonchev–Trinajstić information content (AvgIpc) is 3.25. The predicted molar refractivity (Wildman–Crippen MR) is 98.6 cm³/mol. The third kappa shape index (κ3) is 2.10. The fourth-order valence-electron chi connectivity index (χ4n) is 5.83. The Labute approximate surface area is 154 Å². The summed E-state index contributed by atoms with van der Waals surface area (Å²) in [6.45, 7) is 6.18. The van der Waals surface area contributed by atoms with Crippen LogP contribution in [0, 0.1) is 11.8 Å². The third-order valence-corrected chi connectivity index (χ3v) is 7.18. The van der Waals surface area contributed by atoms with Crippen LogP contribution in [-0.4, -0.2) is 33.8 Å². The molecule has 0 N–H and O–H groups in total. The number of hydrogen-bond acceptors (Lipinski definition) is 4. The van der Waals surface area contributed by atoms with Crippen molar-refractivity contribution in [1.29, 1.82) is 0 Å². The first-order chi connectivity index (χ1) is 12.6. The van der Waals surface area contributed by atoms with E-state index in [0.29, 0.717) is 11.8 Å². The van der Waals surface area contributed by atoms with Crippen molar-refractivity contribution in [3.05, 3.63) is 35.7 Å². The Morgan fingerprint density at radius 2 is 2.00 bits per heavy atom. The minimum Gasteiger partial charge on any atom is -0.347 e. The lowest BCUT2D eigenvalue weighted by Crippen LogP contribution is -2.55. The number of ether oxygens (including phenoxy) is 2. The highest BCUT2D eigenvalue weighted by molar-refractivity contribution is 5.62. The van der Waals surface area contributed by atoms with Crippen LogP contribution in [0.25, 0.3) is 11.4 Å². The van der Waals surface area contributed by atoms with E-state index in [2.05, 4.69) is 38.0 Å². The monoisotopic (exact) mass is 353 g/mol. The van der Waals surface area contributed by atoms with Gasteiger partial charge in [0.05, 0.1) is 30.3 Å². The van der Waals surface area contributed by atoms with E-state index in [1.54, 1.807) is 0 Å². The van der Waals surface area contributed by atoms with Crippen LogP contribution in [-0.2, 0) is 28.4 Å². The maximum absolute atomic E-state index is 6.12. The summed E-state index contributed by atoms with van der Waals surface area (Å²) in [5.74, 6) is 0.561. The summed E-state index contributed by atoms with van der Waals surface area (Å²) in [7, 11) is 2.05. The summed E-state index contributed by atoms with van der Waals surface area (Å²) in [5.41, 5.74) is 4.95. The first kappa shape index (κ1) is 16.5. The molecule has 2 aromatic rings. The number of nitrogens with zero attached hydrogens (tertiary/aromatic N) is 3. The zero-order valence-electron chi connectivity index (χ0n) is 15.9. The lowest BCUT2D eigenvalue weighted by molar-refractivity contribution is -0.234. The fourth-order valence-corrected chi connectivity index (χ4v) is 5.83. The molecule has 5 heteroatoms. The van der Waals surface area contributed by atoms with E-state index in [9.17, 15) is 0 Å². The highest BCUT2D eigenvalue weighted by Gasteiger charge is 2.58. The molecule has 1 saturated carbocycles. The molecule has 2 aromatic heterocycles. The molecule has 138 valence electrons. The first-order valence-electron chi connectivity index (χ1n) is 9.81. The van der Waals surface area contributed by atoms with Gasteiger partial charge < -0.3 is 9.47 Å². The van der Waals surface area contributed by atoms with E-state index in [1.165, 1.54) is 17.0 Å². The minimum atomic E-state index is -0.361. The smallest absolute Gasteiger partial charge is 0.171 e. The average molecular weight is 353 g/mol. The number of rotatable bonds is 1. The van der Waals surface area contributed by atoms with E-state index < -0.39 is 0 Å². The lowest BCUT2D eigenvalue weighted by Gasteiger charge is -2.53. The summed E-state index contributed by atoms with van der Waals surface area (Å²) in [6.07, 6.45) is 6.09. The van der Waals surface area contributed by atoms with Crippen LogP contribution in [0.3, 0.4) is 0 Å². The van der Waals surface area contributed by atoms with Gasteiger partial charge in [0, 0.05) is 36.6 Å². The Balaban J connectivity index is 1.58. The van der Waals surface area contributed by atoms with Crippen LogP contribution in [0.2, 0.25) is 0 Å². The van der Waals surface area contributed by atoms with Crippen molar-refractivity contribution in [2.45, 2.75) is 50.7 Å². The highest BCUT2D eigenvalue weighted by atomic mass is 16.7. The van der Waals surface area contributed by atoms with Crippen molar-refractivity contribution in [2.75, 3.05) is 13.2 Å². The van der Waals surface area contributed by atoms with E-state index >= 15 is 0 Å². The quantitative estimate of drug-likeness (QED) is 0.788. The van der Waals surface area contributed by atoms with Gasteiger partial charge in [-0.05, 0) is 37.3 Å². The van der Waals surface area contributed by atoms with E-state index in [0.717, 1.165) is 44.6 Å². The molecule has 2 aliphatic carbocycles. The van der Waals surface area contributed by atoms with Crippen LogP contribution in [0.15, 0.2) is 24.4 Å². The molecule has 0 radical (unpaired) electrons. The summed E-state index contributed by atoms with van der Waals surface area (Å²) < 4.78 is 14.3. The molecule has 1 spiro atoms. The van der Waals surface area contributed by atoms with Gasteiger partial charge in [-0.15, -0.1) is 0 Å². The maximum atomic E-state index is 6.12. The molecule has 1 saturated heterocycles. The summed E-state index contributed by atoms with van der Waals surface area (Å²) >= 11 is 0. The Kier molecular flexibility index (Phi) is 3.57. The first-order valence-corrected chi connectivity index (χ1v) is 9.81. The maximum Gasteiger partial charge on any atom is 0.171 e. The van der Waals surface area contributed by atoms with E-state index in [-0.39, 0.29) is 11.2 Å². The second-order valence-corrected chi connectivity index (χ2v) is 8.37. The second kappa shape index (κ2) is 5.64. The van der Waals surface area contributed by atoms with Gasteiger partial charge >= 0.3 is 0 Å². The summed E-state index contributed by atoms with van der Waals surface area (Å²) in [6, 6.07) is 6.11. The lowest BCUT2D eigenvalue weighted by atomic mass is 9.55. The number of hydrogen-bond donors (Lipinski definition) is 0. The van der Waals surface area contributed by atoms with Crippen molar-refractivity contribution in [3.8, 4) is 11.4 Å². The highest BCUT2D eigenvalue weighted by Crippen LogP contribution is 2.57. The van der Waals surface area contributed by atoms with Crippen LogP contribution < -0.4 is 0 Å². The zero-order valence-corrected chi connectivity index (χ0v) is 15.9. The molecule has 0 amide bonds. The second-order valence-electron chi connectivity index (χ2n) is 8.37. The van der Waals surface area contributed by atoms with Gasteiger partial charge in [0.25, 0.3) is 0 Å². The van der Waals surface area contributed by atoms with Crippen LogP contribution >= 0.6 is 0 Å². The Morgan fingerprint density at radius 3 is 2.73 bits per heavy atom. The molecule has 5 rings (SSSR count). The number of pyridine rings is 1. The van der Waals surface area contributed by atoms with Crippen molar-refractivity contribution >= 4 is 0 Å². The number of fused-ring (bicyclic) bond motifs is 3. The van der Waals surface area contributed by atoms with Crippen molar-refractivity contribution < 1.29 is 9.47 Å². The van der Waals surface area contributed by atoms with Gasteiger partial charge in [0.1, 0.15) is 0 Å². The SMILES string of the molecule is C[C@H]1[C@@H]2CCc3c(nn(C)c3-c3ccccn3)[C@@]2(C)CCC12OCCO2. The predicted octanol–water partition coefficient (Wildman–Crippen LogP) is 3.48. The molecular formula is C21H27N3O2. The standard InChI is InChI=1S/C21H27N3O2/c1-14-16-8-7-15-18(17-6-4-5-11-22-17)24(3)23-19(15)20(16,2)9-10-21(14)25-12-13-26-21/h4-6,11,14,16H,7-10,12-13H2,1-3H3/t14-,16-,20-/m0/s1. The third-order valence-electron chi connectivity index (χ3n) is 7.18.